The summed E-state index contributed by atoms with van der Waals surface area (Å²) in [5, 5.41) is 9.00. The Morgan fingerprint density at radius 2 is 1.65 bits per heavy atom. The van der Waals surface area contributed by atoms with Crippen molar-refractivity contribution < 1.29 is 27.9 Å². The molecular formula is C11H7F3O3. The van der Waals surface area contributed by atoms with Gasteiger partial charge < -0.3 is 5.11 Å². The lowest BCUT2D eigenvalue weighted by Crippen LogP contribution is -2.49. The van der Waals surface area contributed by atoms with Gasteiger partial charge in [0, 0.05) is 24.5 Å². The highest BCUT2D eigenvalue weighted by molar-refractivity contribution is 6.01. The number of hydrogen-bond acceptors (Lipinski definition) is 2. The predicted molar refractivity (Wildman–Crippen MR) is 49.9 cm³/mol. The molecule has 0 spiro atoms. The fourth-order valence-corrected chi connectivity index (χ4v) is 1.97. The van der Waals surface area contributed by atoms with Crippen LogP contribution in [0, 0.1) is 17.5 Å². The zero-order valence-corrected chi connectivity index (χ0v) is 8.47. The Labute approximate surface area is 93.9 Å². The lowest BCUT2D eigenvalue weighted by Gasteiger charge is -2.36. The number of halogens is 3. The molecule has 17 heavy (non-hydrogen) atoms. The summed E-state index contributed by atoms with van der Waals surface area (Å²) in [6, 6.07) is 0.795. The molecule has 0 radical (unpaired) electrons. The van der Waals surface area contributed by atoms with Crippen LogP contribution in [0.1, 0.15) is 18.4 Å². The molecule has 1 aliphatic rings. The number of carboxylic acids is 1. The highest BCUT2D eigenvalue weighted by Crippen LogP contribution is 2.43. The molecule has 1 N–H and O–H groups in total. The van der Waals surface area contributed by atoms with Crippen molar-refractivity contribution in [2.75, 3.05) is 0 Å². The van der Waals surface area contributed by atoms with Crippen molar-refractivity contribution in [2.45, 2.75) is 18.3 Å². The molecule has 0 bridgehead atoms. The monoisotopic (exact) mass is 244 g/mol. The van der Waals surface area contributed by atoms with E-state index in [4.69, 9.17) is 5.11 Å². The van der Waals surface area contributed by atoms with Crippen molar-refractivity contribution in [2.24, 2.45) is 0 Å². The largest absolute Gasteiger partial charge is 0.481 e. The molecule has 0 aliphatic heterocycles. The van der Waals surface area contributed by atoms with Crippen LogP contribution in [0.15, 0.2) is 12.1 Å². The van der Waals surface area contributed by atoms with E-state index in [2.05, 4.69) is 0 Å². The first-order valence-corrected chi connectivity index (χ1v) is 4.77. The number of Topliss-reactive ketones (excluding diaryl/α,β-unsaturated/α-hetero) is 1. The van der Waals surface area contributed by atoms with Crippen LogP contribution in [-0.4, -0.2) is 16.9 Å². The van der Waals surface area contributed by atoms with Gasteiger partial charge in [0.05, 0.1) is 0 Å². The Balaban J connectivity index is 2.56. The maximum absolute atomic E-state index is 13.5. The normalized spacial score (nSPS) is 17.7. The van der Waals surface area contributed by atoms with Crippen molar-refractivity contribution >= 4 is 11.8 Å². The molecule has 1 aromatic carbocycles. The summed E-state index contributed by atoms with van der Waals surface area (Å²) in [4.78, 5) is 22.0. The third-order valence-electron chi connectivity index (χ3n) is 2.93. The lowest BCUT2D eigenvalue weighted by molar-refractivity contribution is -0.153. The van der Waals surface area contributed by atoms with Gasteiger partial charge in [0.2, 0.25) is 0 Å². The van der Waals surface area contributed by atoms with Crippen LogP contribution in [0.3, 0.4) is 0 Å². The summed E-state index contributed by atoms with van der Waals surface area (Å²) in [6.45, 7) is 0. The smallest absolute Gasteiger partial charge is 0.315 e. The molecule has 6 heteroatoms. The average molecular weight is 244 g/mol. The molecule has 0 saturated heterocycles. The van der Waals surface area contributed by atoms with E-state index >= 15 is 0 Å². The second-order valence-electron chi connectivity index (χ2n) is 4.03. The van der Waals surface area contributed by atoms with Crippen LogP contribution >= 0.6 is 0 Å². The Bertz CT molecular complexity index is 517. The fraction of sp³-hybridized carbons (Fsp3) is 0.273. The second kappa shape index (κ2) is 3.58. The zero-order valence-electron chi connectivity index (χ0n) is 8.47. The van der Waals surface area contributed by atoms with Gasteiger partial charge >= 0.3 is 5.97 Å². The van der Waals surface area contributed by atoms with Gasteiger partial charge in [-0.05, 0) is 6.07 Å². The first-order valence-electron chi connectivity index (χ1n) is 4.77. The van der Waals surface area contributed by atoms with E-state index in [1.54, 1.807) is 0 Å². The summed E-state index contributed by atoms with van der Waals surface area (Å²) in [5.74, 6) is -5.64. The van der Waals surface area contributed by atoms with Gasteiger partial charge in [0.15, 0.2) is 11.6 Å². The van der Waals surface area contributed by atoms with Gasteiger partial charge in [-0.15, -0.1) is 0 Å². The Kier molecular flexibility index (Phi) is 2.45. The van der Waals surface area contributed by atoms with Crippen LogP contribution in [0.4, 0.5) is 13.2 Å². The predicted octanol–water partition coefficient (Wildman–Crippen LogP) is 1.79. The minimum Gasteiger partial charge on any atom is -0.481 e. The van der Waals surface area contributed by atoms with Gasteiger partial charge in [-0.2, -0.15) is 0 Å². The number of aliphatic carboxylic acids is 1. The van der Waals surface area contributed by atoms with Gasteiger partial charge in [-0.25, -0.2) is 13.2 Å². The van der Waals surface area contributed by atoms with Crippen LogP contribution in [0.25, 0.3) is 0 Å². The van der Waals surface area contributed by atoms with E-state index in [0.717, 1.165) is 0 Å². The maximum Gasteiger partial charge on any atom is 0.315 e. The van der Waals surface area contributed by atoms with Crippen molar-refractivity contribution in [3.63, 3.8) is 0 Å². The summed E-state index contributed by atoms with van der Waals surface area (Å²) in [6.07, 6.45) is -0.797. The summed E-state index contributed by atoms with van der Waals surface area (Å²) >= 11 is 0. The van der Waals surface area contributed by atoms with Gasteiger partial charge in [0.25, 0.3) is 0 Å². The summed E-state index contributed by atoms with van der Waals surface area (Å²) in [7, 11) is 0. The standard InChI is InChI=1S/C11H7F3O3/c12-7-2-9(14)8(13)1-6(7)11(10(16)17)3-5(15)4-11/h1-2H,3-4H2,(H,16,17). The van der Waals surface area contributed by atoms with Crippen LogP contribution in [0.5, 0.6) is 0 Å². The maximum atomic E-state index is 13.5. The van der Waals surface area contributed by atoms with Crippen LogP contribution in [0.2, 0.25) is 0 Å². The second-order valence-corrected chi connectivity index (χ2v) is 4.03. The third-order valence-corrected chi connectivity index (χ3v) is 2.93. The molecule has 0 heterocycles. The summed E-state index contributed by atoms with van der Waals surface area (Å²) < 4.78 is 39.2. The quantitative estimate of drug-likeness (QED) is 0.807. The number of carbonyl (C=O) groups excluding carboxylic acids is 1. The lowest BCUT2D eigenvalue weighted by atomic mass is 9.63. The molecule has 0 aromatic heterocycles. The van der Waals surface area contributed by atoms with Crippen molar-refractivity contribution in [3.8, 4) is 0 Å². The topological polar surface area (TPSA) is 54.4 Å². The van der Waals surface area contributed by atoms with Crippen molar-refractivity contribution in [1.29, 1.82) is 0 Å². The molecule has 0 unspecified atom stereocenters. The van der Waals surface area contributed by atoms with E-state index in [0.29, 0.717) is 6.07 Å². The van der Waals surface area contributed by atoms with E-state index in [-0.39, 0.29) is 11.8 Å². The zero-order chi connectivity index (χ0) is 12.8. The molecule has 0 atom stereocenters. The molecular weight excluding hydrogens is 237 g/mol. The van der Waals surface area contributed by atoms with Crippen molar-refractivity contribution in [3.05, 3.63) is 35.1 Å². The Hall–Kier alpha value is -1.85. The van der Waals surface area contributed by atoms with Crippen molar-refractivity contribution in [1.82, 2.24) is 0 Å². The molecule has 0 amide bonds. The Morgan fingerprint density at radius 3 is 2.12 bits per heavy atom. The van der Waals surface area contributed by atoms with E-state index in [1.807, 2.05) is 0 Å². The van der Waals surface area contributed by atoms with Crippen LogP contribution < -0.4 is 0 Å². The van der Waals surface area contributed by atoms with Gasteiger partial charge in [-0.1, -0.05) is 0 Å². The highest BCUT2D eigenvalue weighted by Gasteiger charge is 2.53. The molecule has 1 saturated carbocycles. The number of carbonyl (C=O) groups is 2. The fourth-order valence-electron chi connectivity index (χ4n) is 1.97. The minimum absolute atomic E-state index is 0.290. The number of benzene rings is 1. The SMILES string of the molecule is O=C1CC(C(=O)O)(c2cc(F)c(F)cc2F)C1. The van der Waals surface area contributed by atoms with Gasteiger partial charge in [0.1, 0.15) is 17.0 Å². The number of hydrogen-bond donors (Lipinski definition) is 1. The van der Waals surface area contributed by atoms with E-state index < -0.39 is 47.2 Å². The molecule has 1 aromatic rings. The number of carboxylic acid groups (broad SMARTS) is 1. The molecule has 1 aliphatic carbocycles. The first-order chi connectivity index (χ1) is 7.86. The summed E-state index contributed by atoms with van der Waals surface area (Å²) in [5.41, 5.74) is -2.24. The van der Waals surface area contributed by atoms with E-state index in [9.17, 15) is 22.8 Å². The van der Waals surface area contributed by atoms with Crippen LogP contribution in [-0.2, 0) is 15.0 Å². The highest BCUT2D eigenvalue weighted by atomic mass is 19.2. The molecule has 3 nitrogen and oxygen atoms in total. The Morgan fingerprint density at radius 1 is 1.12 bits per heavy atom. The third kappa shape index (κ3) is 1.60. The molecule has 90 valence electrons. The minimum atomic E-state index is -1.75. The van der Waals surface area contributed by atoms with E-state index in [1.165, 1.54) is 0 Å². The first kappa shape index (κ1) is 11.6. The molecule has 2 rings (SSSR count). The number of ketones is 1. The van der Waals surface area contributed by atoms with Gasteiger partial charge in [-0.3, -0.25) is 9.59 Å². The average Bonchev–Trinajstić information content (AvgIpc) is 2.18. The number of rotatable bonds is 2. The molecule has 1 fully saturated rings.